The van der Waals surface area contributed by atoms with Crippen molar-refractivity contribution in [1.82, 2.24) is 9.55 Å². The number of rotatable bonds is 2. The largest absolute Gasteiger partial charge is 0.497 e. The molecule has 0 aliphatic rings. The third kappa shape index (κ3) is 2.34. The molecule has 1 N–H and O–H groups in total. The molecule has 1 aromatic heterocycles. The Morgan fingerprint density at radius 1 is 1.09 bits per heavy atom. The number of H-pyrrole nitrogens is 1. The number of halogens is 3. The molecule has 0 amide bonds. The fourth-order valence-corrected chi connectivity index (χ4v) is 2.27. The number of benzene rings is 2. The van der Waals surface area contributed by atoms with Crippen LogP contribution in [0, 0.1) is 0 Å². The summed E-state index contributed by atoms with van der Waals surface area (Å²) >= 11 is 0. The molecule has 0 unspecified atom stereocenters. The first-order valence-corrected chi connectivity index (χ1v) is 6.36. The van der Waals surface area contributed by atoms with E-state index in [0.717, 1.165) is 12.1 Å². The number of aromatic nitrogens is 2. The molecule has 7 heteroatoms. The van der Waals surface area contributed by atoms with Gasteiger partial charge in [0.1, 0.15) is 5.75 Å². The van der Waals surface area contributed by atoms with Gasteiger partial charge in [-0.1, -0.05) is 0 Å². The zero-order valence-electron chi connectivity index (χ0n) is 11.4. The predicted octanol–water partition coefficient (Wildman–Crippen LogP) is 3.35. The Bertz CT molecular complexity index is 876. The van der Waals surface area contributed by atoms with Crippen LogP contribution in [0.4, 0.5) is 13.2 Å². The lowest BCUT2D eigenvalue weighted by Gasteiger charge is -2.08. The average Bonchev–Trinajstić information content (AvgIpc) is 2.81. The molecule has 114 valence electrons. The van der Waals surface area contributed by atoms with Crippen molar-refractivity contribution in [3.63, 3.8) is 0 Å². The first kappa shape index (κ1) is 14.2. The van der Waals surface area contributed by atoms with Gasteiger partial charge in [-0.15, -0.1) is 0 Å². The second-order valence-electron chi connectivity index (χ2n) is 4.69. The first-order chi connectivity index (χ1) is 10.4. The molecular weight excluding hydrogens is 297 g/mol. The van der Waals surface area contributed by atoms with Crippen molar-refractivity contribution in [3.8, 4) is 11.4 Å². The summed E-state index contributed by atoms with van der Waals surface area (Å²) in [5, 5.41) is 0. The van der Waals surface area contributed by atoms with E-state index in [-0.39, 0.29) is 0 Å². The Hall–Kier alpha value is -2.70. The van der Waals surface area contributed by atoms with Crippen molar-refractivity contribution < 1.29 is 17.9 Å². The highest BCUT2D eigenvalue weighted by molar-refractivity contribution is 5.79. The van der Waals surface area contributed by atoms with E-state index in [2.05, 4.69) is 4.98 Å². The van der Waals surface area contributed by atoms with E-state index in [0.29, 0.717) is 22.5 Å². The zero-order chi connectivity index (χ0) is 15.9. The number of aromatic amines is 1. The zero-order valence-corrected chi connectivity index (χ0v) is 11.4. The van der Waals surface area contributed by atoms with Crippen LogP contribution in [0.5, 0.6) is 5.75 Å². The summed E-state index contributed by atoms with van der Waals surface area (Å²) in [5.41, 5.74) is 0.261. The fraction of sp³-hybridized carbons (Fsp3) is 0.133. The Kier molecular flexibility index (Phi) is 3.20. The smallest absolute Gasteiger partial charge is 0.416 e. The molecule has 0 atom stereocenters. The lowest BCUT2D eigenvalue weighted by Crippen LogP contribution is -2.15. The van der Waals surface area contributed by atoms with Gasteiger partial charge in [0.25, 0.3) is 0 Å². The predicted molar refractivity (Wildman–Crippen MR) is 75.4 cm³/mol. The molecule has 0 bridgehead atoms. The molecule has 0 spiro atoms. The number of ether oxygens (including phenoxy) is 1. The van der Waals surface area contributed by atoms with Crippen LogP contribution >= 0.6 is 0 Å². The number of hydrogen-bond acceptors (Lipinski definition) is 2. The van der Waals surface area contributed by atoms with Crippen molar-refractivity contribution in [2.24, 2.45) is 0 Å². The normalized spacial score (nSPS) is 11.8. The van der Waals surface area contributed by atoms with Gasteiger partial charge in [0, 0.05) is 6.07 Å². The first-order valence-electron chi connectivity index (χ1n) is 6.36. The lowest BCUT2D eigenvalue weighted by atomic mass is 10.2. The number of alkyl halides is 3. The van der Waals surface area contributed by atoms with Gasteiger partial charge in [-0.05, 0) is 36.4 Å². The molecule has 0 saturated heterocycles. The summed E-state index contributed by atoms with van der Waals surface area (Å²) in [7, 11) is 1.49. The number of nitrogens with zero attached hydrogens (tertiary/aromatic N) is 1. The number of fused-ring (bicyclic) bond motifs is 1. The summed E-state index contributed by atoms with van der Waals surface area (Å²) in [5.74, 6) is 0.548. The van der Waals surface area contributed by atoms with Crippen molar-refractivity contribution in [2.75, 3.05) is 7.11 Å². The highest BCUT2D eigenvalue weighted by atomic mass is 19.4. The monoisotopic (exact) mass is 308 g/mol. The van der Waals surface area contributed by atoms with Crippen molar-refractivity contribution in [1.29, 1.82) is 0 Å². The Labute approximate surface area is 122 Å². The van der Waals surface area contributed by atoms with Crippen molar-refractivity contribution in [2.45, 2.75) is 6.18 Å². The second kappa shape index (κ2) is 4.94. The van der Waals surface area contributed by atoms with Crippen LogP contribution in [-0.4, -0.2) is 16.7 Å². The van der Waals surface area contributed by atoms with Gasteiger partial charge >= 0.3 is 11.9 Å². The molecule has 0 aliphatic carbocycles. The molecule has 2 aromatic carbocycles. The maximum atomic E-state index is 12.6. The van der Waals surface area contributed by atoms with Gasteiger partial charge in [-0.3, -0.25) is 4.57 Å². The minimum atomic E-state index is -4.41. The number of imidazole rings is 1. The SMILES string of the molecule is COc1ccc2[nH]c(=O)n(-c3ccc(C(F)(F)F)cc3)c2c1. The highest BCUT2D eigenvalue weighted by Crippen LogP contribution is 2.30. The third-order valence-corrected chi connectivity index (χ3v) is 3.34. The van der Waals surface area contributed by atoms with Gasteiger partial charge in [-0.25, -0.2) is 4.79 Å². The minimum Gasteiger partial charge on any atom is -0.497 e. The van der Waals surface area contributed by atoms with Gasteiger partial charge in [0.05, 0.1) is 29.4 Å². The van der Waals surface area contributed by atoms with Gasteiger partial charge < -0.3 is 9.72 Å². The summed E-state index contributed by atoms with van der Waals surface area (Å²) < 4.78 is 44.2. The van der Waals surface area contributed by atoms with Gasteiger partial charge in [-0.2, -0.15) is 13.2 Å². The summed E-state index contributed by atoms with van der Waals surface area (Å²) in [6.07, 6.45) is -4.41. The summed E-state index contributed by atoms with van der Waals surface area (Å²) in [6, 6.07) is 9.42. The van der Waals surface area contributed by atoms with E-state index in [1.54, 1.807) is 18.2 Å². The molecule has 22 heavy (non-hydrogen) atoms. The molecule has 3 rings (SSSR count). The molecule has 0 radical (unpaired) electrons. The average molecular weight is 308 g/mol. The van der Waals surface area contributed by atoms with E-state index in [1.165, 1.54) is 23.8 Å². The molecular formula is C15H11F3N2O2. The van der Waals surface area contributed by atoms with Gasteiger partial charge in [0.2, 0.25) is 0 Å². The minimum absolute atomic E-state index is 0.345. The molecule has 0 fully saturated rings. The maximum Gasteiger partial charge on any atom is 0.416 e. The molecule has 0 aliphatic heterocycles. The van der Waals surface area contributed by atoms with Gasteiger partial charge in [0.15, 0.2) is 0 Å². The van der Waals surface area contributed by atoms with Crippen LogP contribution in [0.15, 0.2) is 47.3 Å². The van der Waals surface area contributed by atoms with Crippen LogP contribution in [0.1, 0.15) is 5.56 Å². The van der Waals surface area contributed by atoms with Crippen molar-refractivity contribution in [3.05, 3.63) is 58.5 Å². The Morgan fingerprint density at radius 3 is 2.36 bits per heavy atom. The molecule has 4 nitrogen and oxygen atoms in total. The maximum absolute atomic E-state index is 12.6. The standard InChI is InChI=1S/C15H11F3N2O2/c1-22-11-6-7-12-13(8-11)20(14(21)19-12)10-4-2-9(3-5-10)15(16,17)18/h2-8H,1H3,(H,19,21). The highest BCUT2D eigenvalue weighted by Gasteiger charge is 2.30. The lowest BCUT2D eigenvalue weighted by molar-refractivity contribution is -0.137. The van der Waals surface area contributed by atoms with Crippen molar-refractivity contribution >= 4 is 11.0 Å². The molecule has 3 aromatic rings. The third-order valence-electron chi connectivity index (χ3n) is 3.34. The fourth-order valence-electron chi connectivity index (χ4n) is 2.27. The Balaban J connectivity index is 2.17. The van der Waals surface area contributed by atoms with Crippen LogP contribution in [-0.2, 0) is 6.18 Å². The van der Waals surface area contributed by atoms with Crippen LogP contribution in [0.25, 0.3) is 16.7 Å². The van der Waals surface area contributed by atoms with E-state index in [1.807, 2.05) is 0 Å². The van der Waals surface area contributed by atoms with E-state index < -0.39 is 17.4 Å². The van der Waals surface area contributed by atoms with E-state index >= 15 is 0 Å². The number of nitrogens with one attached hydrogen (secondary N) is 1. The van der Waals surface area contributed by atoms with Crippen LogP contribution in [0.3, 0.4) is 0 Å². The molecule has 0 saturated carbocycles. The topological polar surface area (TPSA) is 47.0 Å². The summed E-state index contributed by atoms with van der Waals surface area (Å²) in [6.45, 7) is 0. The Morgan fingerprint density at radius 2 is 1.77 bits per heavy atom. The number of hydrogen-bond donors (Lipinski definition) is 1. The number of methoxy groups -OCH3 is 1. The van der Waals surface area contributed by atoms with E-state index in [4.69, 9.17) is 4.74 Å². The van der Waals surface area contributed by atoms with E-state index in [9.17, 15) is 18.0 Å². The second-order valence-corrected chi connectivity index (χ2v) is 4.69. The van der Waals surface area contributed by atoms with Crippen LogP contribution in [0.2, 0.25) is 0 Å². The van der Waals surface area contributed by atoms with Crippen LogP contribution < -0.4 is 10.4 Å². The summed E-state index contributed by atoms with van der Waals surface area (Å²) in [4.78, 5) is 14.7. The quantitative estimate of drug-likeness (QED) is 0.789. The molecule has 1 heterocycles.